The first-order valence-electron chi connectivity index (χ1n) is 10.1. The number of hydrogen-bond acceptors (Lipinski definition) is 7. The Morgan fingerprint density at radius 3 is 2.45 bits per heavy atom. The Morgan fingerprint density at radius 2 is 1.84 bits per heavy atom. The number of nitriles is 1. The summed E-state index contributed by atoms with van der Waals surface area (Å²) in [5.41, 5.74) is 2.74. The van der Waals surface area contributed by atoms with Crippen molar-refractivity contribution in [3.8, 4) is 17.4 Å². The van der Waals surface area contributed by atoms with Gasteiger partial charge in [0.1, 0.15) is 5.82 Å². The number of oxazole rings is 1. The predicted octanol–water partition coefficient (Wildman–Crippen LogP) is 2.63. The number of carbonyl (C=O) groups excluding carboxylic acids is 1. The highest BCUT2D eigenvalue weighted by Crippen LogP contribution is 2.25. The van der Waals surface area contributed by atoms with Crippen LogP contribution < -0.4 is 4.90 Å². The van der Waals surface area contributed by atoms with Crippen LogP contribution in [0.15, 0.2) is 53.4 Å². The molecule has 1 fully saturated rings. The number of anilines is 1. The Labute approximate surface area is 181 Å². The zero-order valence-corrected chi connectivity index (χ0v) is 17.7. The highest BCUT2D eigenvalue weighted by Gasteiger charge is 2.27. The second-order valence-corrected chi connectivity index (χ2v) is 7.76. The largest absolute Gasteiger partial charge is 0.443 e. The maximum atomic E-state index is 13.1. The Bertz CT molecular complexity index is 1070. The highest BCUT2D eigenvalue weighted by atomic mass is 16.3. The van der Waals surface area contributed by atoms with Crippen LogP contribution in [0.1, 0.15) is 21.6 Å². The van der Waals surface area contributed by atoms with Crippen molar-refractivity contribution >= 4 is 11.7 Å². The molecule has 2 aromatic heterocycles. The number of amides is 1. The van der Waals surface area contributed by atoms with E-state index in [4.69, 9.17) is 9.68 Å². The smallest absolute Gasteiger partial charge is 0.276 e. The third kappa shape index (κ3) is 4.57. The quantitative estimate of drug-likeness (QED) is 0.632. The average molecular weight is 416 g/mol. The van der Waals surface area contributed by atoms with Gasteiger partial charge in [-0.2, -0.15) is 5.26 Å². The Balaban J connectivity index is 1.41. The second kappa shape index (κ2) is 8.98. The monoisotopic (exact) mass is 416 g/mol. The van der Waals surface area contributed by atoms with E-state index in [2.05, 4.69) is 31.9 Å². The van der Waals surface area contributed by atoms with E-state index in [1.165, 1.54) is 12.0 Å². The number of rotatable bonds is 5. The lowest BCUT2D eigenvalue weighted by molar-refractivity contribution is 0.0741. The molecule has 1 aliphatic heterocycles. The molecule has 8 heteroatoms. The van der Waals surface area contributed by atoms with Crippen LogP contribution >= 0.6 is 0 Å². The summed E-state index contributed by atoms with van der Waals surface area (Å²) >= 11 is 0. The van der Waals surface area contributed by atoms with Gasteiger partial charge in [-0.25, -0.2) is 9.97 Å². The molecule has 0 bridgehead atoms. The molecule has 0 atom stereocenters. The fraction of sp³-hybridized carbons (Fsp3) is 0.304. The Kier molecular flexibility index (Phi) is 5.96. The summed E-state index contributed by atoms with van der Waals surface area (Å²) in [5.74, 6) is 1.20. The summed E-state index contributed by atoms with van der Waals surface area (Å²) in [6.45, 7) is 3.43. The lowest BCUT2D eigenvalue weighted by atomic mass is 10.1. The van der Waals surface area contributed by atoms with Crippen molar-refractivity contribution < 1.29 is 9.21 Å². The molecule has 1 aliphatic rings. The van der Waals surface area contributed by atoms with Crippen LogP contribution in [0.4, 0.5) is 5.82 Å². The van der Waals surface area contributed by atoms with E-state index in [0.717, 1.165) is 17.9 Å². The normalized spacial score (nSPS) is 14.0. The van der Waals surface area contributed by atoms with Crippen LogP contribution in [0.5, 0.6) is 0 Å². The lowest BCUT2D eigenvalue weighted by Gasteiger charge is -2.35. The second-order valence-electron chi connectivity index (χ2n) is 7.76. The summed E-state index contributed by atoms with van der Waals surface area (Å²) in [5, 5.41) is 8.97. The number of piperazine rings is 1. The van der Waals surface area contributed by atoms with Crippen LogP contribution in [0, 0.1) is 11.3 Å². The minimum Gasteiger partial charge on any atom is -0.443 e. The lowest BCUT2D eigenvalue weighted by Crippen LogP contribution is -2.49. The number of pyridine rings is 1. The molecule has 8 nitrogen and oxygen atoms in total. The van der Waals surface area contributed by atoms with Gasteiger partial charge in [-0.15, -0.1) is 0 Å². The third-order valence-electron chi connectivity index (χ3n) is 5.25. The van der Waals surface area contributed by atoms with Gasteiger partial charge in [-0.1, -0.05) is 6.07 Å². The molecule has 1 amide bonds. The molecule has 3 aromatic rings. The van der Waals surface area contributed by atoms with Crippen molar-refractivity contribution in [2.24, 2.45) is 0 Å². The van der Waals surface area contributed by atoms with Crippen molar-refractivity contribution in [3.63, 3.8) is 0 Å². The Morgan fingerprint density at radius 1 is 1.10 bits per heavy atom. The van der Waals surface area contributed by atoms with Gasteiger partial charge in [0, 0.05) is 44.5 Å². The van der Waals surface area contributed by atoms with Crippen molar-refractivity contribution in [2.75, 3.05) is 45.2 Å². The van der Waals surface area contributed by atoms with Crippen LogP contribution in [0.3, 0.4) is 0 Å². The van der Waals surface area contributed by atoms with Crippen molar-refractivity contribution in [2.45, 2.75) is 6.54 Å². The molecule has 0 saturated carbocycles. The van der Waals surface area contributed by atoms with E-state index in [1.807, 2.05) is 26.4 Å². The fourth-order valence-electron chi connectivity index (χ4n) is 3.65. The summed E-state index contributed by atoms with van der Waals surface area (Å²) < 4.78 is 5.50. The first-order valence-corrected chi connectivity index (χ1v) is 10.1. The van der Waals surface area contributed by atoms with Gasteiger partial charge in [0.25, 0.3) is 5.91 Å². The fourth-order valence-corrected chi connectivity index (χ4v) is 3.65. The summed E-state index contributed by atoms with van der Waals surface area (Å²) in [4.78, 5) is 27.9. The molecular formula is C23H24N6O2. The van der Waals surface area contributed by atoms with Gasteiger partial charge < -0.3 is 19.1 Å². The molecule has 1 aromatic carbocycles. The number of hydrogen-bond donors (Lipinski definition) is 0. The molecule has 0 unspecified atom stereocenters. The zero-order valence-electron chi connectivity index (χ0n) is 17.7. The molecule has 158 valence electrons. The topological polar surface area (TPSA) is 89.5 Å². The number of carbonyl (C=O) groups is 1. The van der Waals surface area contributed by atoms with E-state index < -0.39 is 0 Å². The number of nitrogens with zero attached hydrogens (tertiary/aromatic N) is 6. The predicted molar refractivity (Wildman–Crippen MR) is 116 cm³/mol. The van der Waals surface area contributed by atoms with Crippen LogP contribution in [-0.2, 0) is 6.54 Å². The molecule has 0 radical (unpaired) electrons. The summed E-state index contributed by atoms with van der Waals surface area (Å²) in [6, 6.07) is 13.1. The van der Waals surface area contributed by atoms with Crippen LogP contribution in [0.2, 0.25) is 0 Å². The van der Waals surface area contributed by atoms with Gasteiger partial charge in [0.2, 0.25) is 0 Å². The van der Waals surface area contributed by atoms with E-state index in [-0.39, 0.29) is 5.91 Å². The van der Waals surface area contributed by atoms with Crippen molar-refractivity contribution in [1.29, 1.82) is 5.26 Å². The van der Waals surface area contributed by atoms with Gasteiger partial charge in [-0.3, -0.25) is 4.79 Å². The highest BCUT2D eigenvalue weighted by molar-refractivity contribution is 5.97. The molecule has 0 spiro atoms. The minimum absolute atomic E-state index is 0.151. The molecule has 1 saturated heterocycles. The minimum atomic E-state index is -0.151. The standard InChI is InChI=1S/C23H24N6O2/c1-27(2)15-18-5-8-20(25-14-18)28-9-11-29(12-10-28)23(30)21-22(31-16-26-21)19-6-3-17(13-24)4-7-19/h3-8,14,16H,9-12,15H2,1-2H3. The molecular weight excluding hydrogens is 392 g/mol. The first kappa shape index (κ1) is 20.6. The maximum Gasteiger partial charge on any atom is 0.276 e. The van der Waals surface area contributed by atoms with Crippen LogP contribution in [0.25, 0.3) is 11.3 Å². The van der Waals surface area contributed by atoms with Gasteiger partial charge in [-0.05, 0) is 50.0 Å². The molecule has 0 N–H and O–H groups in total. The number of benzene rings is 1. The van der Waals surface area contributed by atoms with E-state index in [1.54, 1.807) is 29.2 Å². The van der Waals surface area contributed by atoms with Crippen molar-refractivity contribution in [1.82, 2.24) is 19.8 Å². The maximum absolute atomic E-state index is 13.1. The molecule has 3 heterocycles. The van der Waals surface area contributed by atoms with Crippen LogP contribution in [-0.4, -0.2) is 65.9 Å². The summed E-state index contributed by atoms with van der Waals surface area (Å²) in [6.07, 6.45) is 3.20. The SMILES string of the molecule is CN(C)Cc1ccc(N2CCN(C(=O)c3ncoc3-c3ccc(C#N)cc3)CC2)nc1. The average Bonchev–Trinajstić information content (AvgIpc) is 3.29. The zero-order chi connectivity index (χ0) is 21.8. The third-order valence-corrected chi connectivity index (χ3v) is 5.25. The van der Waals surface area contributed by atoms with Gasteiger partial charge >= 0.3 is 0 Å². The molecule has 31 heavy (non-hydrogen) atoms. The summed E-state index contributed by atoms with van der Waals surface area (Å²) in [7, 11) is 4.07. The first-order chi connectivity index (χ1) is 15.0. The number of aromatic nitrogens is 2. The molecule has 0 aliphatic carbocycles. The van der Waals surface area contributed by atoms with E-state index in [0.29, 0.717) is 43.2 Å². The Hall–Kier alpha value is -3.70. The van der Waals surface area contributed by atoms with Crippen molar-refractivity contribution in [3.05, 3.63) is 65.8 Å². The van der Waals surface area contributed by atoms with E-state index >= 15 is 0 Å². The van der Waals surface area contributed by atoms with Gasteiger partial charge in [0.05, 0.1) is 11.6 Å². The van der Waals surface area contributed by atoms with Gasteiger partial charge in [0.15, 0.2) is 17.8 Å². The molecule has 4 rings (SSSR count). The van der Waals surface area contributed by atoms with E-state index in [9.17, 15) is 4.79 Å².